The molecule has 1 heterocycles. The molecule has 0 unspecified atom stereocenters. The van der Waals surface area contributed by atoms with E-state index in [1.54, 1.807) is 6.07 Å². The highest BCUT2D eigenvalue weighted by Gasteiger charge is 2.18. The van der Waals surface area contributed by atoms with Gasteiger partial charge in [0, 0.05) is 12.3 Å². The summed E-state index contributed by atoms with van der Waals surface area (Å²) in [7, 11) is 0. The number of nitrogens with zero attached hydrogens (tertiary/aromatic N) is 1. The van der Waals surface area contributed by atoms with Crippen LogP contribution in [0.25, 0.3) is 6.08 Å². The van der Waals surface area contributed by atoms with Crippen LogP contribution >= 0.6 is 23.2 Å². The van der Waals surface area contributed by atoms with E-state index >= 15 is 0 Å². The predicted octanol–water partition coefficient (Wildman–Crippen LogP) is 4.11. The molecule has 1 amide bonds. The smallest absolute Gasteiger partial charge is 0.331 e. The van der Waals surface area contributed by atoms with Gasteiger partial charge in [-0.2, -0.15) is 0 Å². The zero-order valence-electron chi connectivity index (χ0n) is 13.0. The summed E-state index contributed by atoms with van der Waals surface area (Å²) < 4.78 is 18.0. The molecule has 0 saturated heterocycles. The molecule has 2 aromatic rings. The van der Waals surface area contributed by atoms with Gasteiger partial charge in [0.2, 0.25) is 0 Å². The molecular weight excluding hydrogens is 370 g/mol. The number of hydrogen-bond donors (Lipinski definition) is 1. The number of aromatic nitrogens is 1. The lowest BCUT2D eigenvalue weighted by atomic mass is 10.2. The number of carbonyl (C=O) groups is 2. The summed E-state index contributed by atoms with van der Waals surface area (Å²) in [4.78, 5) is 27.6. The molecule has 5 nitrogen and oxygen atoms in total. The largest absolute Gasteiger partial charge is 0.449 e. The van der Waals surface area contributed by atoms with Gasteiger partial charge in [0.15, 0.2) is 11.9 Å². The molecule has 1 aromatic carbocycles. The third-order valence-electron chi connectivity index (χ3n) is 2.97. The molecule has 0 aliphatic heterocycles. The molecule has 0 radical (unpaired) electrons. The lowest BCUT2D eigenvalue weighted by molar-refractivity contribution is -0.148. The van der Waals surface area contributed by atoms with Crippen molar-refractivity contribution in [1.29, 1.82) is 0 Å². The second-order valence-electron chi connectivity index (χ2n) is 4.94. The minimum Gasteiger partial charge on any atom is -0.449 e. The van der Waals surface area contributed by atoms with Gasteiger partial charge >= 0.3 is 5.97 Å². The topological polar surface area (TPSA) is 68.3 Å². The summed E-state index contributed by atoms with van der Waals surface area (Å²) in [6.07, 6.45) is 2.72. The van der Waals surface area contributed by atoms with Crippen LogP contribution in [-0.4, -0.2) is 23.0 Å². The molecule has 8 heteroatoms. The summed E-state index contributed by atoms with van der Waals surface area (Å²) in [6.45, 7) is 1.40. The quantitative estimate of drug-likeness (QED) is 0.623. The fourth-order valence-electron chi connectivity index (χ4n) is 1.77. The van der Waals surface area contributed by atoms with Crippen molar-refractivity contribution in [2.24, 2.45) is 0 Å². The number of anilines is 1. The highest BCUT2D eigenvalue weighted by Crippen LogP contribution is 2.22. The Morgan fingerprint density at radius 3 is 2.76 bits per heavy atom. The molecule has 1 aromatic heterocycles. The Morgan fingerprint density at radius 1 is 1.32 bits per heavy atom. The average Bonchev–Trinajstić information content (AvgIpc) is 2.55. The first kappa shape index (κ1) is 18.9. The normalized spacial score (nSPS) is 12.0. The van der Waals surface area contributed by atoms with Crippen molar-refractivity contribution >= 4 is 47.0 Å². The molecule has 0 aliphatic rings. The summed E-state index contributed by atoms with van der Waals surface area (Å²) >= 11 is 11.6. The summed E-state index contributed by atoms with van der Waals surface area (Å²) in [5.41, 5.74) is 0.492. The summed E-state index contributed by atoms with van der Waals surface area (Å²) in [6, 6.07) is 7.10. The van der Waals surface area contributed by atoms with Crippen LogP contribution in [-0.2, 0) is 14.3 Å². The number of carbonyl (C=O) groups excluding carboxylic acids is 2. The first-order valence-electron chi connectivity index (χ1n) is 7.11. The van der Waals surface area contributed by atoms with Crippen molar-refractivity contribution in [2.75, 3.05) is 5.32 Å². The highest BCUT2D eigenvalue weighted by atomic mass is 35.5. The first-order chi connectivity index (χ1) is 11.8. The summed E-state index contributed by atoms with van der Waals surface area (Å²) in [5, 5.41) is 2.91. The lowest BCUT2D eigenvalue weighted by Gasteiger charge is -2.12. The van der Waals surface area contributed by atoms with Crippen molar-refractivity contribution in [3.05, 3.63) is 64.0 Å². The van der Waals surface area contributed by atoms with Crippen LogP contribution in [0.15, 0.2) is 42.6 Å². The van der Waals surface area contributed by atoms with Crippen molar-refractivity contribution in [1.82, 2.24) is 4.98 Å². The van der Waals surface area contributed by atoms with Gasteiger partial charge < -0.3 is 10.1 Å². The first-order valence-corrected chi connectivity index (χ1v) is 7.87. The van der Waals surface area contributed by atoms with Gasteiger partial charge in [-0.1, -0.05) is 35.3 Å². The SMILES string of the molecule is C[C@H](OC(=O)/C=C/c1cccc(F)c1)C(=O)Nc1ncc(Cl)cc1Cl. The fourth-order valence-corrected chi connectivity index (χ4v) is 2.19. The van der Waals surface area contributed by atoms with Crippen LogP contribution in [0.5, 0.6) is 0 Å². The van der Waals surface area contributed by atoms with Crippen LogP contribution in [0.1, 0.15) is 12.5 Å². The third-order valence-corrected chi connectivity index (χ3v) is 3.47. The molecule has 0 fully saturated rings. The van der Waals surface area contributed by atoms with E-state index in [0.29, 0.717) is 10.6 Å². The number of amides is 1. The molecule has 2 rings (SSSR count). The Hall–Kier alpha value is -2.44. The van der Waals surface area contributed by atoms with E-state index < -0.39 is 23.8 Å². The maximum Gasteiger partial charge on any atom is 0.331 e. The molecule has 1 N–H and O–H groups in total. The highest BCUT2D eigenvalue weighted by molar-refractivity contribution is 6.36. The Labute approximate surface area is 153 Å². The molecule has 0 spiro atoms. The molecule has 0 bridgehead atoms. The zero-order valence-corrected chi connectivity index (χ0v) is 14.5. The number of esters is 1. The zero-order chi connectivity index (χ0) is 18.4. The monoisotopic (exact) mass is 382 g/mol. The van der Waals surface area contributed by atoms with Crippen LogP contribution < -0.4 is 5.32 Å². The van der Waals surface area contributed by atoms with E-state index in [9.17, 15) is 14.0 Å². The van der Waals surface area contributed by atoms with Crippen LogP contribution in [0, 0.1) is 5.82 Å². The van der Waals surface area contributed by atoms with Gasteiger partial charge in [-0.3, -0.25) is 4.79 Å². The molecular formula is C17H13Cl2FN2O3. The minimum absolute atomic E-state index is 0.106. The van der Waals surface area contributed by atoms with Crippen LogP contribution in [0.2, 0.25) is 10.0 Å². The van der Waals surface area contributed by atoms with Crippen LogP contribution in [0.3, 0.4) is 0 Å². The van der Waals surface area contributed by atoms with Gasteiger partial charge in [0.25, 0.3) is 5.91 Å². The summed E-state index contributed by atoms with van der Waals surface area (Å²) in [5.74, 6) is -1.67. The van der Waals surface area contributed by atoms with Crippen LogP contribution in [0.4, 0.5) is 10.2 Å². The van der Waals surface area contributed by atoms with Gasteiger partial charge in [0.05, 0.1) is 10.0 Å². The number of nitrogens with one attached hydrogen (secondary N) is 1. The van der Waals surface area contributed by atoms with Crippen molar-refractivity contribution in [2.45, 2.75) is 13.0 Å². The number of hydrogen-bond acceptors (Lipinski definition) is 4. The number of benzene rings is 1. The fraction of sp³-hybridized carbons (Fsp3) is 0.118. The molecule has 130 valence electrons. The van der Waals surface area contributed by atoms with E-state index in [0.717, 1.165) is 6.08 Å². The van der Waals surface area contributed by atoms with E-state index in [-0.39, 0.29) is 10.8 Å². The molecule has 25 heavy (non-hydrogen) atoms. The minimum atomic E-state index is -1.08. The number of rotatable bonds is 5. The standard InChI is InChI=1S/C17H13Cl2FN2O3/c1-10(17(24)22-16-14(19)8-12(18)9-21-16)25-15(23)6-5-11-3-2-4-13(20)7-11/h2-10H,1H3,(H,21,22,24)/b6-5+/t10-/m0/s1. The second kappa shape index (κ2) is 8.60. The molecule has 0 aliphatic carbocycles. The van der Waals surface area contributed by atoms with Crippen molar-refractivity contribution in [3.8, 4) is 0 Å². The Kier molecular flexibility index (Phi) is 6.50. The Bertz CT molecular complexity index is 827. The van der Waals surface area contributed by atoms with Gasteiger partial charge in [-0.05, 0) is 36.8 Å². The lowest BCUT2D eigenvalue weighted by Crippen LogP contribution is -2.29. The average molecular weight is 383 g/mol. The third kappa shape index (κ3) is 5.85. The van der Waals surface area contributed by atoms with Crippen molar-refractivity contribution in [3.63, 3.8) is 0 Å². The van der Waals surface area contributed by atoms with E-state index in [1.165, 1.54) is 43.5 Å². The Balaban J connectivity index is 1.92. The van der Waals surface area contributed by atoms with E-state index in [2.05, 4.69) is 10.3 Å². The maximum atomic E-state index is 13.0. The van der Waals surface area contributed by atoms with Gasteiger partial charge in [-0.25, -0.2) is 14.2 Å². The number of ether oxygens (including phenoxy) is 1. The number of pyridine rings is 1. The Morgan fingerprint density at radius 2 is 2.08 bits per heavy atom. The second-order valence-corrected chi connectivity index (χ2v) is 5.78. The molecule has 1 atom stereocenters. The van der Waals surface area contributed by atoms with Crippen molar-refractivity contribution < 1.29 is 18.7 Å². The number of halogens is 3. The van der Waals surface area contributed by atoms with Gasteiger partial charge in [0.1, 0.15) is 5.82 Å². The van der Waals surface area contributed by atoms with E-state index in [1.807, 2.05) is 0 Å². The molecule has 0 saturated carbocycles. The van der Waals surface area contributed by atoms with Gasteiger partial charge in [-0.15, -0.1) is 0 Å². The maximum absolute atomic E-state index is 13.0. The van der Waals surface area contributed by atoms with E-state index in [4.69, 9.17) is 27.9 Å². The predicted molar refractivity (Wildman–Crippen MR) is 93.9 cm³/mol.